The SMILES string of the molecule is CCN(CC)C(=O)C(C)Nc1ccc([N+](=O)[O-])c(I)c1. The molecule has 0 bridgehead atoms. The van der Waals surface area contributed by atoms with Crippen molar-refractivity contribution >= 4 is 39.9 Å². The second kappa shape index (κ2) is 7.41. The number of nitro groups is 1. The Morgan fingerprint density at radius 1 is 1.45 bits per heavy atom. The second-order valence-electron chi connectivity index (χ2n) is 4.30. The van der Waals surface area contributed by atoms with Gasteiger partial charge >= 0.3 is 0 Å². The molecule has 0 aliphatic heterocycles. The fraction of sp³-hybridized carbons (Fsp3) is 0.462. The maximum atomic E-state index is 12.1. The number of nitro benzene ring substituents is 1. The van der Waals surface area contributed by atoms with Gasteiger partial charge in [0.2, 0.25) is 5.91 Å². The Bertz CT molecular complexity index is 504. The molecule has 1 aromatic rings. The lowest BCUT2D eigenvalue weighted by Gasteiger charge is -2.24. The van der Waals surface area contributed by atoms with E-state index in [1.54, 1.807) is 24.0 Å². The molecule has 0 aliphatic rings. The standard InChI is InChI=1S/C13H18IN3O3/c1-4-16(5-2)13(18)9(3)15-10-6-7-12(17(19)20)11(14)8-10/h6-9,15H,4-5H2,1-3H3. The third-order valence-corrected chi connectivity index (χ3v) is 3.84. The van der Waals surface area contributed by atoms with Gasteiger partial charge in [-0.1, -0.05) is 0 Å². The summed E-state index contributed by atoms with van der Waals surface area (Å²) in [6.45, 7) is 6.99. The number of hydrogen-bond donors (Lipinski definition) is 1. The Kier molecular flexibility index (Phi) is 6.18. The number of anilines is 1. The van der Waals surface area contributed by atoms with E-state index in [1.165, 1.54) is 6.07 Å². The van der Waals surface area contributed by atoms with E-state index in [1.807, 2.05) is 36.4 Å². The van der Waals surface area contributed by atoms with Crippen LogP contribution in [0.2, 0.25) is 0 Å². The fourth-order valence-electron chi connectivity index (χ4n) is 1.87. The summed E-state index contributed by atoms with van der Waals surface area (Å²) in [6, 6.07) is 4.36. The largest absolute Gasteiger partial charge is 0.374 e. The van der Waals surface area contributed by atoms with Gasteiger partial charge in [0, 0.05) is 24.8 Å². The van der Waals surface area contributed by atoms with Crippen molar-refractivity contribution in [3.8, 4) is 0 Å². The van der Waals surface area contributed by atoms with Crippen LogP contribution < -0.4 is 5.32 Å². The van der Waals surface area contributed by atoms with Crippen LogP contribution in [0.3, 0.4) is 0 Å². The molecule has 1 atom stereocenters. The predicted molar refractivity (Wildman–Crippen MR) is 86.8 cm³/mol. The van der Waals surface area contributed by atoms with Crippen molar-refractivity contribution in [2.75, 3.05) is 18.4 Å². The minimum absolute atomic E-state index is 0.0170. The number of nitrogens with zero attached hydrogens (tertiary/aromatic N) is 2. The zero-order valence-electron chi connectivity index (χ0n) is 11.7. The predicted octanol–water partition coefficient (Wildman–Crippen LogP) is 2.87. The molecule has 1 amide bonds. The van der Waals surface area contributed by atoms with Gasteiger partial charge in [0.25, 0.3) is 5.69 Å². The van der Waals surface area contributed by atoms with Crippen molar-refractivity contribution < 1.29 is 9.72 Å². The lowest BCUT2D eigenvalue weighted by molar-refractivity contribution is -0.385. The van der Waals surface area contributed by atoms with Gasteiger partial charge in [0.1, 0.15) is 6.04 Å². The van der Waals surface area contributed by atoms with E-state index in [4.69, 9.17) is 0 Å². The summed E-state index contributed by atoms with van der Waals surface area (Å²) in [6.07, 6.45) is 0. The lowest BCUT2D eigenvalue weighted by Crippen LogP contribution is -2.41. The molecular formula is C13H18IN3O3. The van der Waals surface area contributed by atoms with Gasteiger partial charge < -0.3 is 10.2 Å². The van der Waals surface area contributed by atoms with Gasteiger partial charge in [-0.25, -0.2) is 0 Å². The quantitative estimate of drug-likeness (QED) is 0.460. The van der Waals surface area contributed by atoms with Crippen LogP contribution in [0.15, 0.2) is 18.2 Å². The molecule has 1 rings (SSSR count). The molecule has 0 radical (unpaired) electrons. The topological polar surface area (TPSA) is 75.5 Å². The van der Waals surface area contributed by atoms with Crippen LogP contribution in [-0.2, 0) is 4.79 Å². The van der Waals surface area contributed by atoms with E-state index in [-0.39, 0.29) is 17.6 Å². The maximum Gasteiger partial charge on any atom is 0.282 e. The zero-order valence-corrected chi connectivity index (χ0v) is 13.9. The Balaban J connectivity index is 2.81. The molecule has 7 heteroatoms. The molecule has 0 fully saturated rings. The average Bonchev–Trinajstić information content (AvgIpc) is 2.39. The Hall–Kier alpha value is -1.38. The van der Waals surface area contributed by atoms with Gasteiger partial charge in [-0.2, -0.15) is 0 Å². The first kappa shape index (κ1) is 16.7. The van der Waals surface area contributed by atoms with Gasteiger partial charge in [-0.05, 0) is 55.5 Å². The molecule has 6 nitrogen and oxygen atoms in total. The zero-order chi connectivity index (χ0) is 15.3. The summed E-state index contributed by atoms with van der Waals surface area (Å²) in [7, 11) is 0. The number of hydrogen-bond acceptors (Lipinski definition) is 4. The van der Waals surface area contributed by atoms with Crippen molar-refractivity contribution in [2.24, 2.45) is 0 Å². The highest BCUT2D eigenvalue weighted by atomic mass is 127. The number of benzene rings is 1. The number of rotatable bonds is 6. The molecule has 110 valence electrons. The summed E-state index contributed by atoms with van der Waals surface area (Å²) in [5.74, 6) is 0.0170. The molecule has 0 spiro atoms. The molecule has 0 saturated heterocycles. The third kappa shape index (κ3) is 4.06. The number of halogens is 1. The molecule has 1 N–H and O–H groups in total. The molecular weight excluding hydrogens is 373 g/mol. The summed E-state index contributed by atoms with van der Waals surface area (Å²) in [4.78, 5) is 24.2. The van der Waals surface area contributed by atoms with Crippen LogP contribution in [-0.4, -0.2) is 34.9 Å². The first-order chi connectivity index (χ1) is 9.40. The second-order valence-corrected chi connectivity index (χ2v) is 5.46. The summed E-state index contributed by atoms with van der Waals surface area (Å²) in [5, 5.41) is 13.8. The molecule has 0 aromatic heterocycles. The monoisotopic (exact) mass is 391 g/mol. The van der Waals surface area contributed by atoms with Crippen LogP contribution in [0.25, 0.3) is 0 Å². The molecule has 0 saturated carbocycles. The van der Waals surface area contributed by atoms with Crippen LogP contribution in [0, 0.1) is 13.7 Å². The van der Waals surface area contributed by atoms with Crippen LogP contribution >= 0.6 is 22.6 Å². The molecule has 0 aliphatic carbocycles. The minimum Gasteiger partial charge on any atom is -0.374 e. The van der Waals surface area contributed by atoms with Crippen molar-refractivity contribution in [3.05, 3.63) is 31.9 Å². The van der Waals surface area contributed by atoms with Gasteiger partial charge in [0.05, 0.1) is 8.49 Å². The Morgan fingerprint density at radius 3 is 2.50 bits per heavy atom. The van der Waals surface area contributed by atoms with E-state index >= 15 is 0 Å². The fourth-order valence-corrected chi connectivity index (χ4v) is 2.58. The first-order valence-corrected chi connectivity index (χ1v) is 7.47. The maximum absolute atomic E-state index is 12.1. The van der Waals surface area contributed by atoms with Crippen molar-refractivity contribution in [1.82, 2.24) is 4.90 Å². The van der Waals surface area contributed by atoms with Crippen molar-refractivity contribution in [2.45, 2.75) is 26.8 Å². The van der Waals surface area contributed by atoms with Crippen LogP contribution in [0.1, 0.15) is 20.8 Å². The van der Waals surface area contributed by atoms with Gasteiger partial charge in [-0.3, -0.25) is 14.9 Å². The lowest BCUT2D eigenvalue weighted by atomic mass is 10.2. The Morgan fingerprint density at radius 2 is 2.05 bits per heavy atom. The van der Waals surface area contributed by atoms with Crippen LogP contribution in [0.4, 0.5) is 11.4 Å². The molecule has 20 heavy (non-hydrogen) atoms. The highest BCUT2D eigenvalue weighted by Gasteiger charge is 2.19. The number of carbonyl (C=O) groups excluding carboxylic acids is 1. The van der Waals surface area contributed by atoms with E-state index in [0.29, 0.717) is 22.3 Å². The Labute approximate surface area is 131 Å². The number of nitrogens with one attached hydrogen (secondary N) is 1. The summed E-state index contributed by atoms with van der Waals surface area (Å²) in [5.41, 5.74) is 0.770. The number of likely N-dealkylation sites (N-methyl/N-ethyl adjacent to an activating group) is 1. The minimum atomic E-state index is -0.421. The van der Waals surface area contributed by atoms with Gasteiger partial charge in [-0.15, -0.1) is 0 Å². The summed E-state index contributed by atoms with van der Waals surface area (Å²) < 4.78 is 0.542. The van der Waals surface area contributed by atoms with E-state index < -0.39 is 4.92 Å². The molecule has 1 aromatic carbocycles. The van der Waals surface area contributed by atoms with Gasteiger partial charge in [0.15, 0.2) is 0 Å². The smallest absolute Gasteiger partial charge is 0.282 e. The normalized spacial score (nSPS) is 11.8. The highest BCUT2D eigenvalue weighted by molar-refractivity contribution is 14.1. The van der Waals surface area contributed by atoms with E-state index in [0.717, 1.165) is 0 Å². The van der Waals surface area contributed by atoms with Crippen molar-refractivity contribution in [3.63, 3.8) is 0 Å². The van der Waals surface area contributed by atoms with E-state index in [9.17, 15) is 14.9 Å². The number of carbonyl (C=O) groups is 1. The highest BCUT2D eigenvalue weighted by Crippen LogP contribution is 2.24. The third-order valence-electron chi connectivity index (χ3n) is 2.97. The van der Waals surface area contributed by atoms with Crippen molar-refractivity contribution in [1.29, 1.82) is 0 Å². The summed E-state index contributed by atoms with van der Waals surface area (Å²) >= 11 is 1.92. The first-order valence-electron chi connectivity index (χ1n) is 6.39. The molecule has 1 unspecified atom stereocenters. The van der Waals surface area contributed by atoms with E-state index in [2.05, 4.69) is 5.32 Å². The van der Waals surface area contributed by atoms with Crippen LogP contribution in [0.5, 0.6) is 0 Å². The number of amides is 1. The molecule has 0 heterocycles. The average molecular weight is 391 g/mol.